The molecule has 6 nitrogen and oxygen atoms in total. The van der Waals surface area contributed by atoms with E-state index in [4.69, 9.17) is 0 Å². The molecule has 1 atom stereocenters. The van der Waals surface area contributed by atoms with Crippen molar-refractivity contribution in [2.75, 3.05) is 0 Å². The topological polar surface area (TPSA) is 99.1 Å². The highest BCUT2D eigenvalue weighted by atomic mass is 16.6. The summed E-state index contributed by atoms with van der Waals surface area (Å²) < 4.78 is 0. The van der Waals surface area contributed by atoms with Crippen LogP contribution in [-0.4, -0.2) is 15.9 Å². The van der Waals surface area contributed by atoms with Crippen molar-refractivity contribution in [1.82, 2.24) is 4.98 Å². The second kappa shape index (κ2) is 4.48. The van der Waals surface area contributed by atoms with Crippen molar-refractivity contribution < 1.29 is 14.8 Å². The van der Waals surface area contributed by atoms with Crippen LogP contribution in [0.25, 0.3) is 10.9 Å². The quantitative estimate of drug-likeness (QED) is 0.650. The summed E-state index contributed by atoms with van der Waals surface area (Å²) in [5, 5.41) is 22.3. The van der Waals surface area contributed by atoms with Crippen LogP contribution >= 0.6 is 0 Å². The number of fused-ring (bicyclic) bond motifs is 1. The SMILES string of the molecule is CCC(C(=O)[O-])c1c[nH]c2cc([N+](=O)[O-])ccc12. The Hall–Kier alpha value is -2.37. The van der Waals surface area contributed by atoms with Crippen LogP contribution in [0, 0.1) is 10.1 Å². The molecule has 1 aromatic carbocycles. The van der Waals surface area contributed by atoms with Crippen molar-refractivity contribution in [1.29, 1.82) is 0 Å². The molecule has 1 unspecified atom stereocenters. The number of benzene rings is 1. The van der Waals surface area contributed by atoms with Gasteiger partial charge in [-0.25, -0.2) is 0 Å². The first kappa shape index (κ1) is 12.1. The van der Waals surface area contributed by atoms with E-state index in [0.717, 1.165) is 0 Å². The van der Waals surface area contributed by atoms with Gasteiger partial charge in [-0.15, -0.1) is 0 Å². The van der Waals surface area contributed by atoms with Gasteiger partial charge >= 0.3 is 0 Å². The van der Waals surface area contributed by atoms with Crippen LogP contribution in [0.2, 0.25) is 0 Å². The molecule has 0 aliphatic heterocycles. The third-order valence-corrected chi connectivity index (χ3v) is 2.98. The molecule has 0 saturated carbocycles. The number of aliphatic carboxylic acids is 1. The predicted molar refractivity (Wildman–Crippen MR) is 63.0 cm³/mol. The average Bonchev–Trinajstić information content (AvgIpc) is 2.73. The van der Waals surface area contributed by atoms with Crippen LogP contribution < -0.4 is 5.11 Å². The molecule has 1 heterocycles. The Labute approximate surface area is 102 Å². The molecule has 0 aliphatic carbocycles. The molecule has 0 aliphatic rings. The second-order valence-corrected chi connectivity index (χ2v) is 4.01. The number of carboxylic acids is 1. The van der Waals surface area contributed by atoms with Gasteiger partial charge in [-0.2, -0.15) is 0 Å². The van der Waals surface area contributed by atoms with Gasteiger partial charge in [-0.3, -0.25) is 10.1 Å². The zero-order valence-corrected chi connectivity index (χ0v) is 9.67. The Bertz CT molecular complexity index is 618. The summed E-state index contributed by atoms with van der Waals surface area (Å²) in [6.45, 7) is 1.75. The number of aromatic amines is 1. The molecule has 1 aromatic heterocycles. The van der Waals surface area contributed by atoms with Gasteiger partial charge in [0.05, 0.1) is 10.4 Å². The van der Waals surface area contributed by atoms with Crippen LogP contribution in [0.4, 0.5) is 5.69 Å². The number of rotatable bonds is 4. The van der Waals surface area contributed by atoms with Crippen molar-refractivity contribution in [3.8, 4) is 0 Å². The maximum Gasteiger partial charge on any atom is 0.271 e. The lowest BCUT2D eigenvalue weighted by Crippen LogP contribution is -2.29. The Balaban J connectivity index is 2.55. The van der Waals surface area contributed by atoms with Gasteiger partial charge in [0, 0.05) is 35.6 Å². The molecule has 0 fully saturated rings. The molecule has 18 heavy (non-hydrogen) atoms. The molecule has 0 amide bonds. The molecule has 0 bridgehead atoms. The third-order valence-electron chi connectivity index (χ3n) is 2.98. The monoisotopic (exact) mass is 247 g/mol. The van der Waals surface area contributed by atoms with E-state index >= 15 is 0 Å². The Morgan fingerprint density at radius 1 is 1.50 bits per heavy atom. The summed E-state index contributed by atoms with van der Waals surface area (Å²) in [6.07, 6.45) is 1.98. The highest BCUT2D eigenvalue weighted by molar-refractivity contribution is 5.90. The average molecular weight is 247 g/mol. The smallest absolute Gasteiger partial charge is 0.271 e. The second-order valence-electron chi connectivity index (χ2n) is 4.01. The van der Waals surface area contributed by atoms with E-state index in [1.54, 1.807) is 19.2 Å². The van der Waals surface area contributed by atoms with Crippen molar-refractivity contribution in [3.05, 3.63) is 40.1 Å². The van der Waals surface area contributed by atoms with Crippen LogP contribution in [0.15, 0.2) is 24.4 Å². The Kier molecular flexibility index (Phi) is 3.01. The third kappa shape index (κ3) is 1.92. The van der Waals surface area contributed by atoms with Crippen LogP contribution in [0.3, 0.4) is 0 Å². The van der Waals surface area contributed by atoms with E-state index in [1.165, 1.54) is 12.1 Å². The fourth-order valence-corrected chi connectivity index (χ4v) is 2.05. The lowest BCUT2D eigenvalue weighted by atomic mass is 9.96. The van der Waals surface area contributed by atoms with E-state index in [0.29, 0.717) is 22.9 Å². The summed E-state index contributed by atoms with van der Waals surface area (Å²) in [6, 6.07) is 4.31. The van der Waals surface area contributed by atoms with Crippen molar-refractivity contribution >= 4 is 22.6 Å². The lowest BCUT2D eigenvalue weighted by Gasteiger charge is -2.14. The number of nitrogens with one attached hydrogen (secondary N) is 1. The fraction of sp³-hybridized carbons (Fsp3) is 0.250. The van der Waals surface area contributed by atoms with E-state index in [2.05, 4.69) is 4.98 Å². The number of H-pyrrole nitrogens is 1. The number of hydrogen-bond donors (Lipinski definition) is 1. The van der Waals surface area contributed by atoms with Gasteiger partial charge in [-0.1, -0.05) is 6.92 Å². The maximum atomic E-state index is 11.0. The van der Waals surface area contributed by atoms with Crippen LogP contribution in [0.5, 0.6) is 0 Å². The van der Waals surface area contributed by atoms with Crippen molar-refractivity contribution in [2.45, 2.75) is 19.3 Å². The van der Waals surface area contributed by atoms with Crippen LogP contribution in [0.1, 0.15) is 24.8 Å². The van der Waals surface area contributed by atoms with Gasteiger partial charge in [0.1, 0.15) is 0 Å². The zero-order valence-electron chi connectivity index (χ0n) is 9.67. The predicted octanol–water partition coefficient (Wildman–Crippen LogP) is 1.32. The molecular formula is C12H11N2O4-. The van der Waals surface area contributed by atoms with E-state index < -0.39 is 16.8 Å². The molecule has 94 valence electrons. The first-order valence-electron chi connectivity index (χ1n) is 5.51. The number of aromatic nitrogens is 1. The molecule has 2 aromatic rings. The summed E-state index contributed by atoms with van der Waals surface area (Å²) in [4.78, 5) is 24.0. The summed E-state index contributed by atoms with van der Waals surface area (Å²) in [5.41, 5.74) is 1.12. The number of hydrogen-bond acceptors (Lipinski definition) is 4. The summed E-state index contributed by atoms with van der Waals surface area (Å²) in [5.74, 6) is -1.85. The Morgan fingerprint density at radius 2 is 2.22 bits per heavy atom. The molecule has 1 N–H and O–H groups in total. The van der Waals surface area contributed by atoms with E-state index in [9.17, 15) is 20.0 Å². The number of nitro benzene ring substituents is 1. The largest absolute Gasteiger partial charge is 0.549 e. The highest BCUT2D eigenvalue weighted by Crippen LogP contribution is 2.29. The van der Waals surface area contributed by atoms with Gasteiger partial charge in [0.2, 0.25) is 0 Å². The fourth-order valence-electron chi connectivity index (χ4n) is 2.05. The molecule has 0 radical (unpaired) electrons. The molecular weight excluding hydrogens is 236 g/mol. The minimum absolute atomic E-state index is 0.0302. The minimum atomic E-state index is -1.14. The standard InChI is InChI=1S/C12H12N2O4/c1-2-8(12(15)16)10-6-13-11-5-7(14(17)18)3-4-9(10)11/h3-6,8,13H,2H2,1H3,(H,15,16)/p-1. The van der Waals surface area contributed by atoms with Gasteiger partial charge < -0.3 is 14.9 Å². The zero-order chi connectivity index (χ0) is 13.3. The normalized spacial score (nSPS) is 12.5. The number of non-ortho nitro benzene ring substituents is 1. The van der Waals surface area contributed by atoms with E-state index in [-0.39, 0.29) is 5.69 Å². The number of nitro groups is 1. The summed E-state index contributed by atoms with van der Waals surface area (Å²) >= 11 is 0. The molecule has 0 saturated heterocycles. The summed E-state index contributed by atoms with van der Waals surface area (Å²) in [7, 11) is 0. The minimum Gasteiger partial charge on any atom is -0.549 e. The van der Waals surface area contributed by atoms with Gasteiger partial charge in [0.25, 0.3) is 5.69 Å². The maximum absolute atomic E-state index is 11.0. The number of nitrogens with zero attached hydrogens (tertiary/aromatic N) is 1. The number of carbonyl (C=O) groups excluding carboxylic acids is 1. The first-order chi connectivity index (χ1) is 8.54. The highest BCUT2D eigenvalue weighted by Gasteiger charge is 2.16. The van der Waals surface area contributed by atoms with Crippen LogP contribution in [-0.2, 0) is 4.79 Å². The van der Waals surface area contributed by atoms with E-state index in [1.807, 2.05) is 0 Å². The van der Waals surface area contributed by atoms with Crippen molar-refractivity contribution in [3.63, 3.8) is 0 Å². The Morgan fingerprint density at radius 3 is 2.78 bits per heavy atom. The lowest BCUT2D eigenvalue weighted by molar-refractivity contribution is -0.384. The first-order valence-corrected chi connectivity index (χ1v) is 5.51. The van der Waals surface area contributed by atoms with Gasteiger partial charge in [-0.05, 0) is 18.1 Å². The molecule has 6 heteroatoms. The molecule has 2 rings (SSSR count). The molecule has 0 spiro atoms. The van der Waals surface area contributed by atoms with Crippen molar-refractivity contribution in [2.24, 2.45) is 0 Å². The number of carboxylic acid groups (broad SMARTS) is 1. The number of carbonyl (C=O) groups is 1. The van der Waals surface area contributed by atoms with Gasteiger partial charge in [0.15, 0.2) is 0 Å².